The lowest BCUT2D eigenvalue weighted by Gasteiger charge is -2.26. The van der Waals surface area contributed by atoms with Crippen LogP contribution in [0.25, 0.3) is 0 Å². The average Bonchev–Trinajstić information content (AvgIpc) is 3.18. The Morgan fingerprint density at radius 1 is 1.29 bits per heavy atom. The Balaban J connectivity index is 1.80. The fourth-order valence-electron chi connectivity index (χ4n) is 3.89. The van der Waals surface area contributed by atoms with E-state index in [-0.39, 0.29) is 5.16 Å². The molecule has 1 atom stereocenters. The first-order valence-electron chi connectivity index (χ1n) is 8.97. The quantitative estimate of drug-likeness (QED) is 0.782. The van der Waals surface area contributed by atoms with Crippen molar-refractivity contribution in [3.05, 3.63) is 11.9 Å². The van der Waals surface area contributed by atoms with Crippen molar-refractivity contribution >= 4 is 9.84 Å². The second kappa shape index (κ2) is 7.54. The standard InChI is InChI=1S/C17H29N3O3S/c1-19(15-8-9-23-13-15)12-16-10-18-17(24(2,21)22)20(16)11-14-6-4-3-5-7-14/h10,14-15H,3-9,11-13H2,1-2H3. The molecule has 3 rings (SSSR count). The summed E-state index contributed by atoms with van der Waals surface area (Å²) in [7, 11) is -1.23. The molecule has 1 aliphatic carbocycles. The SMILES string of the molecule is CN(Cc1cnc(S(C)(=O)=O)n1CC1CCCCC1)C1CCOC1. The summed E-state index contributed by atoms with van der Waals surface area (Å²) in [6, 6.07) is 0.407. The zero-order valence-corrected chi connectivity index (χ0v) is 15.6. The number of rotatable bonds is 6. The molecule has 1 aromatic heterocycles. The van der Waals surface area contributed by atoms with Gasteiger partial charge < -0.3 is 9.30 Å². The summed E-state index contributed by atoms with van der Waals surface area (Å²) in [6.07, 6.45) is 10.2. The second-order valence-electron chi connectivity index (χ2n) is 7.35. The minimum atomic E-state index is -3.31. The van der Waals surface area contributed by atoms with Crippen LogP contribution in [0, 0.1) is 5.92 Å². The van der Waals surface area contributed by atoms with Crippen LogP contribution < -0.4 is 0 Å². The van der Waals surface area contributed by atoms with Crippen LogP contribution in [0.3, 0.4) is 0 Å². The Labute approximate surface area is 145 Å². The highest BCUT2D eigenvalue weighted by Gasteiger charge is 2.25. The first-order valence-corrected chi connectivity index (χ1v) is 10.9. The average molecular weight is 356 g/mol. The van der Waals surface area contributed by atoms with E-state index in [0.717, 1.165) is 31.9 Å². The lowest BCUT2D eigenvalue weighted by molar-refractivity contribution is 0.154. The van der Waals surface area contributed by atoms with Crippen molar-refractivity contribution in [3.8, 4) is 0 Å². The predicted octanol–water partition coefficient (Wildman–Crippen LogP) is 2.09. The van der Waals surface area contributed by atoms with Gasteiger partial charge in [0.15, 0.2) is 0 Å². The Morgan fingerprint density at radius 3 is 2.67 bits per heavy atom. The Hall–Kier alpha value is -0.920. The van der Waals surface area contributed by atoms with Crippen molar-refractivity contribution in [2.75, 3.05) is 26.5 Å². The summed E-state index contributed by atoms with van der Waals surface area (Å²) in [5.41, 5.74) is 0.996. The van der Waals surface area contributed by atoms with E-state index >= 15 is 0 Å². The number of imidazole rings is 1. The number of ether oxygens (including phenoxy) is 1. The molecule has 0 amide bonds. The number of sulfone groups is 1. The third-order valence-corrected chi connectivity index (χ3v) is 6.33. The van der Waals surface area contributed by atoms with Gasteiger partial charge in [0.05, 0.1) is 18.5 Å². The van der Waals surface area contributed by atoms with Crippen molar-refractivity contribution in [3.63, 3.8) is 0 Å². The number of hydrogen-bond acceptors (Lipinski definition) is 5. The number of aromatic nitrogens is 2. The fourth-order valence-corrected chi connectivity index (χ4v) is 4.73. The van der Waals surface area contributed by atoms with Crippen molar-refractivity contribution in [2.45, 2.75) is 62.8 Å². The van der Waals surface area contributed by atoms with E-state index in [2.05, 4.69) is 16.9 Å². The van der Waals surface area contributed by atoms with Crippen LogP contribution in [0.2, 0.25) is 0 Å². The van der Waals surface area contributed by atoms with Gasteiger partial charge in [-0.25, -0.2) is 13.4 Å². The van der Waals surface area contributed by atoms with E-state index < -0.39 is 9.84 Å². The zero-order chi connectivity index (χ0) is 17.2. The highest BCUT2D eigenvalue weighted by Crippen LogP contribution is 2.27. The van der Waals surface area contributed by atoms with E-state index in [1.165, 1.54) is 38.4 Å². The molecule has 0 N–H and O–H groups in total. The molecule has 1 aliphatic heterocycles. The van der Waals surface area contributed by atoms with E-state index in [0.29, 0.717) is 18.5 Å². The summed E-state index contributed by atoms with van der Waals surface area (Å²) in [6.45, 7) is 3.05. The molecule has 1 saturated carbocycles. The van der Waals surface area contributed by atoms with Gasteiger partial charge >= 0.3 is 0 Å². The normalized spacial score (nSPS) is 23.2. The molecule has 136 valence electrons. The molecule has 1 unspecified atom stereocenters. The summed E-state index contributed by atoms with van der Waals surface area (Å²) < 4.78 is 31.7. The minimum absolute atomic E-state index is 0.221. The second-order valence-corrected chi connectivity index (χ2v) is 9.26. The van der Waals surface area contributed by atoms with Crippen molar-refractivity contribution in [1.29, 1.82) is 0 Å². The first-order chi connectivity index (χ1) is 11.4. The summed E-state index contributed by atoms with van der Waals surface area (Å²) in [5.74, 6) is 0.562. The van der Waals surface area contributed by atoms with Gasteiger partial charge in [-0.15, -0.1) is 0 Å². The summed E-state index contributed by atoms with van der Waals surface area (Å²) >= 11 is 0. The molecule has 1 saturated heterocycles. The molecule has 0 aromatic carbocycles. The van der Waals surface area contributed by atoms with E-state index in [9.17, 15) is 8.42 Å². The highest BCUT2D eigenvalue weighted by molar-refractivity contribution is 7.90. The molecule has 0 spiro atoms. The van der Waals surface area contributed by atoms with Crippen LogP contribution in [-0.2, 0) is 27.7 Å². The maximum absolute atomic E-state index is 12.1. The van der Waals surface area contributed by atoms with Crippen LogP contribution >= 0.6 is 0 Å². The molecule has 2 aliphatic rings. The Bertz CT molecular complexity index is 644. The fraction of sp³-hybridized carbons (Fsp3) is 0.824. The number of nitrogens with zero attached hydrogens (tertiary/aromatic N) is 3. The van der Waals surface area contributed by atoms with Gasteiger partial charge in [0.1, 0.15) is 0 Å². The van der Waals surface area contributed by atoms with E-state index in [1.54, 1.807) is 6.20 Å². The predicted molar refractivity (Wildman–Crippen MR) is 92.6 cm³/mol. The lowest BCUT2D eigenvalue weighted by Crippen LogP contribution is -2.32. The number of hydrogen-bond donors (Lipinski definition) is 0. The Kier molecular flexibility index (Phi) is 5.62. The topological polar surface area (TPSA) is 64.4 Å². The van der Waals surface area contributed by atoms with Crippen molar-refractivity contribution < 1.29 is 13.2 Å². The lowest BCUT2D eigenvalue weighted by atomic mass is 9.89. The molecule has 1 aromatic rings. The van der Waals surface area contributed by atoms with Gasteiger partial charge in [-0.1, -0.05) is 19.3 Å². The third kappa shape index (κ3) is 4.18. The first kappa shape index (κ1) is 17.9. The highest BCUT2D eigenvalue weighted by atomic mass is 32.2. The maximum atomic E-state index is 12.1. The van der Waals surface area contributed by atoms with Gasteiger partial charge in [0.2, 0.25) is 15.0 Å². The van der Waals surface area contributed by atoms with Gasteiger partial charge in [0, 0.05) is 32.0 Å². The molecule has 2 fully saturated rings. The monoisotopic (exact) mass is 355 g/mol. The minimum Gasteiger partial charge on any atom is -0.380 e. The van der Waals surface area contributed by atoms with Crippen LogP contribution in [-0.4, -0.2) is 55.4 Å². The van der Waals surface area contributed by atoms with Crippen LogP contribution in [0.5, 0.6) is 0 Å². The van der Waals surface area contributed by atoms with Gasteiger partial charge in [-0.2, -0.15) is 0 Å². The van der Waals surface area contributed by atoms with Gasteiger partial charge in [-0.05, 0) is 32.2 Å². The van der Waals surface area contributed by atoms with E-state index in [1.807, 2.05) is 4.57 Å². The molecular formula is C17H29N3O3S. The maximum Gasteiger partial charge on any atom is 0.227 e. The Morgan fingerprint density at radius 2 is 2.04 bits per heavy atom. The zero-order valence-electron chi connectivity index (χ0n) is 14.8. The molecule has 7 heteroatoms. The third-order valence-electron chi connectivity index (χ3n) is 5.34. The van der Waals surface area contributed by atoms with Crippen LogP contribution in [0.1, 0.15) is 44.2 Å². The molecule has 0 radical (unpaired) electrons. The molecule has 2 heterocycles. The largest absolute Gasteiger partial charge is 0.380 e. The van der Waals surface area contributed by atoms with Gasteiger partial charge in [-0.3, -0.25) is 4.90 Å². The van der Waals surface area contributed by atoms with Crippen LogP contribution in [0.15, 0.2) is 11.4 Å². The van der Waals surface area contributed by atoms with E-state index in [4.69, 9.17) is 4.74 Å². The summed E-state index contributed by atoms with van der Waals surface area (Å²) in [4.78, 5) is 6.51. The number of likely N-dealkylation sites (N-methyl/N-ethyl adjacent to an activating group) is 1. The molecule has 0 bridgehead atoms. The van der Waals surface area contributed by atoms with Crippen molar-refractivity contribution in [1.82, 2.24) is 14.5 Å². The van der Waals surface area contributed by atoms with Crippen molar-refractivity contribution in [2.24, 2.45) is 5.92 Å². The summed E-state index contributed by atoms with van der Waals surface area (Å²) in [5, 5.41) is 0.221. The molecular weight excluding hydrogens is 326 g/mol. The van der Waals surface area contributed by atoms with Crippen LogP contribution in [0.4, 0.5) is 0 Å². The molecule has 6 nitrogen and oxygen atoms in total. The smallest absolute Gasteiger partial charge is 0.227 e. The molecule has 24 heavy (non-hydrogen) atoms. The van der Waals surface area contributed by atoms with Gasteiger partial charge in [0.25, 0.3) is 0 Å².